The fraction of sp³-hybridized carbons (Fsp3) is 0.362. The van der Waals surface area contributed by atoms with Crippen molar-refractivity contribution < 1.29 is 55.6 Å². The summed E-state index contributed by atoms with van der Waals surface area (Å²) in [4.78, 5) is 46.6. The molecule has 2 amide bonds. The highest BCUT2D eigenvalue weighted by atomic mass is 79.9. The molecule has 0 bridgehead atoms. The number of nitrogens with zero attached hydrogens (tertiary/aromatic N) is 8. The molecule has 4 aromatic carbocycles. The average molecular weight is 1260 g/mol. The van der Waals surface area contributed by atoms with E-state index in [4.69, 9.17) is 49.7 Å². The topological polar surface area (TPSA) is 297 Å². The normalized spacial score (nSPS) is 13.7. The van der Waals surface area contributed by atoms with Crippen LogP contribution in [0.1, 0.15) is 29.2 Å². The lowest BCUT2D eigenvalue weighted by molar-refractivity contribution is -0.127. The molecule has 1 aliphatic heterocycles. The number of hydrogen-bond acceptors (Lipinski definition) is 20. The molecule has 7 N–H and O–H groups in total. The number of rotatable bonds is 35. The molecule has 8 rings (SSSR count). The third-order valence-corrected chi connectivity index (χ3v) is 15.1. The van der Waals surface area contributed by atoms with Gasteiger partial charge < -0.3 is 65.1 Å². The number of nitrogens with one attached hydrogen (secondary N) is 3. The molecule has 0 aliphatic carbocycles. The fourth-order valence-corrected chi connectivity index (χ4v) is 10.1. The van der Waals surface area contributed by atoms with E-state index in [-0.39, 0.29) is 59.6 Å². The zero-order chi connectivity index (χ0) is 59.8. The lowest BCUT2D eigenvalue weighted by Crippen LogP contribution is -2.40. The Morgan fingerprint density at radius 3 is 2.11 bits per heavy atom. The number of aromatic nitrogens is 6. The van der Waals surface area contributed by atoms with Crippen LogP contribution in [0, 0.1) is 5.82 Å². The van der Waals surface area contributed by atoms with Crippen LogP contribution in [0.2, 0.25) is 0 Å². The van der Waals surface area contributed by atoms with Gasteiger partial charge in [-0.1, -0.05) is 30.3 Å². The molecule has 27 heteroatoms. The molecular formula is C58H69BrFN13O11S. The van der Waals surface area contributed by atoms with E-state index in [1.54, 1.807) is 18.2 Å². The molecule has 1 fully saturated rings. The summed E-state index contributed by atoms with van der Waals surface area (Å²) in [5, 5.41) is 11.6. The minimum atomic E-state index is -3.82. The van der Waals surface area contributed by atoms with Gasteiger partial charge in [0.05, 0.1) is 111 Å². The Morgan fingerprint density at radius 1 is 0.788 bits per heavy atom. The van der Waals surface area contributed by atoms with E-state index in [2.05, 4.69) is 56.1 Å². The number of nitrogens with two attached hydrogens (primary N) is 2. The summed E-state index contributed by atoms with van der Waals surface area (Å²) >= 11 is 3.34. The van der Waals surface area contributed by atoms with Gasteiger partial charge in [0.25, 0.3) is 5.91 Å². The number of halogens is 2. The predicted octanol–water partition coefficient (Wildman–Crippen LogP) is 6.88. The van der Waals surface area contributed by atoms with E-state index in [1.807, 2.05) is 77.3 Å². The smallest absolute Gasteiger partial charge is 0.253 e. The first-order valence-corrected chi connectivity index (χ1v) is 29.8. The van der Waals surface area contributed by atoms with Crippen molar-refractivity contribution in [2.75, 3.05) is 135 Å². The van der Waals surface area contributed by atoms with E-state index in [1.165, 1.54) is 36.8 Å². The molecule has 0 spiro atoms. The lowest BCUT2D eigenvalue weighted by Gasteiger charge is -2.32. The van der Waals surface area contributed by atoms with Gasteiger partial charge in [0.2, 0.25) is 21.9 Å². The van der Waals surface area contributed by atoms with Crippen molar-refractivity contribution in [3.63, 3.8) is 0 Å². The number of carbonyl (C=O) groups excluding carboxylic acids is 2. The number of para-hydroxylation sites is 1. The summed E-state index contributed by atoms with van der Waals surface area (Å²) in [5.74, 6) is 0.380. The monoisotopic (exact) mass is 1250 g/mol. The average Bonchev–Trinajstić information content (AvgIpc) is 3.84. The second kappa shape index (κ2) is 32.6. The minimum absolute atomic E-state index is 0.0417. The number of primary amides is 1. The Labute approximate surface area is 500 Å². The maximum atomic E-state index is 14.3. The van der Waals surface area contributed by atoms with Crippen LogP contribution >= 0.6 is 15.9 Å². The van der Waals surface area contributed by atoms with Gasteiger partial charge >= 0.3 is 0 Å². The minimum Gasteiger partial charge on any atom is -0.457 e. The SMILES string of the molecule is CN(C/C=C/C(=O)N1CCC[C@@H](n2nc(-c3ccc(Oc4ccccc4)cc3)c3c(N)ncnc32)C1)CCOCCOCCOCCOCCOCCOCCNS(=O)(=O)c1ccc(Nc2ncc(Br)c(Nc3cccc(F)c3C(N)=O)n2)cc1. The molecule has 1 aliphatic rings. The highest BCUT2D eigenvalue weighted by molar-refractivity contribution is 9.10. The predicted molar refractivity (Wildman–Crippen MR) is 321 cm³/mol. The van der Waals surface area contributed by atoms with Gasteiger partial charge in [0.1, 0.15) is 41.0 Å². The Hall–Kier alpha value is -7.57. The van der Waals surface area contributed by atoms with Crippen LogP contribution in [0.5, 0.6) is 11.5 Å². The third kappa shape index (κ3) is 19.2. The number of sulfonamides is 1. The third-order valence-electron chi connectivity index (χ3n) is 13.1. The molecule has 7 aromatic rings. The number of ether oxygens (including phenoxy) is 7. The Balaban J connectivity index is 0.598. The van der Waals surface area contributed by atoms with E-state index < -0.39 is 21.7 Å². The highest BCUT2D eigenvalue weighted by Gasteiger charge is 2.28. The van der Waals surface area contributed by atoms with Gasteiger partial charge in [0, 0.05) is 56.2 Å². The van der Waals surface area contributed by atoms with Gasteiger partial charge in [-0.15, -0.1) is 0 Å². The first-order chi connectivity index (χ1) is 41.3. The fourth-order valence-electron chi connectivity index (χ4n) is 8.76. The second-order valence-electron chi connectivity index (χ2n) is 19.2. The number of likely N-dealkylation sites (tertiary alicyclic amines) is 1. The van der Waals surface area contributed by atoms with Crippen LogP contribution in [0.4, 0.5) is 33.3 Å². The van der Waals surface area contributed by atoms with Crippen LogP contribution in [0.25, 0.3) is 22.3 Å². The molecule has 24 nitrogen and oxygen atoms in total. The van der Waals surface area contributed by atoms with Crippen molar-refractivity contribution in [3.8, 4) is 22.8 Å². The van der Waals surface area contributed by atoms with Crippen LogP contribution < -0.4 is 31.6 Å². The number of carbonyl (C=O) groups is 2. The lowest BCUT2D eigenvalue weighted by atomic mass is 10.1. The number of nitrogen functional groups attached to an aromatic ring is 1. The standard InChI is InChI=1S/C58H69BrFN13O11S/c1-71(23-7-13-50(74)72-24-6-8-43(39-72)73-57-52(54(61)64-40-65-57)53(70-73)41-14-18-45(19-15-41)84-44-9-3-2-4-10-44)25-27-79-29-31-81-33-35-83-37-36-82-34-32-80-30-28-78-26-22-66-85(76,77)46-20-16-42(17-21-46)67-58-63-38-47(59)56(69-58)68-49-12-5-11-48(60)51(49)55(62)75/h2-5,7,9-21,38,40,43,66H,6,8,22-37,39H2,1H3,(H2,62,75)(H2,61,64,65)(H2,63,67,68,69)/b13-7+/t43-/m1/s1. The quantitative estimate of drug-likeness (QED) is 0.0200. The zero-order valence-electron chi connectivity index (χ0n) is 46.9. The first-order valence-electron chi connectivity index (χ1n) is 27.5. The summed E-state index contributed by atoms with van der Waals surface area (Å²) < 4.78 is 84.3. The number of likely N-dealkylation sites (N-methyl/N-ethyl adjacent to an activating group) is 1. The molecular weight excluding hydrogens is 1190 g/mol. The zero-order valence-corrected chi connectivity index (χ0v) is 49.3. The molecule has 0 radical (unpaired) electrons. The maximum absolute atomic E-state index is 14.3. The summed E-state index contributed by atoms with van der Waals surface area (Å²) in [6.07, 6.45) is 8.07. The summed E-state index contributed by atoms with van der Waals surface area (Å²) in [6.45, 7) is 6.99. The number of anilines is 5. The summed E-state index contributed by atoms with van der Waals surface area (Å²) in [6, 6.07) is 27.2. The first kappa shape index (κ1) is 63.5. The van der Waals surface area contributed by atoms with Crippen LogP contribution in [0.15, 0.2) is 131 Å². The molecule has 1 atom stereocenters. The highest BCUT2D eigenvalue weighted by Crippen LogP contribution is 2.35. The van der Waals surface area contributed by atoms with Crippen LogP contribution in [-0.4, -0.2) is 179 Å². The van der Waals surface area contributed by atoms with E-state index in [0.29, 0.717) is 131 Å². The number of fused-ring (bicyclic) bond motifs is 1. The van der Waals surface area contributed by atoms with Crippen molar-refractivity contribution in [2.45, 2.75) is 23.8 Å². The van der Waals surface area contributed by atoms with Gasteiger partial charge in [-0.2, -0.15) is 10.1 Å². The van der Waals surface area contributed by atoms with Crippen molar-refractivity contribution in [1.82, 2.24) is 44.2 Å². The largest absolute Gasteiger partial charge is 0.457 e. The number of benzene rings is 4. The van der Waals surface area contributed by atoms with Gasteiger partial charge in [-0.05, 0) is 109 Å². The molecule has 3 aromatic heterocycles. The van der Waals surface area contributed by atoms with E-state index in [0.717, 1.165) is 30.2 Å². The molecule has 4 heterocycles. The maximum Gasteiger partial charge on any atom is 0.253 e. The molecule has 1 saturated heterocycles. The molecule has 452 valence electrons. The number of piperidine rings is 1. The van der Waals surface area contributed by atoms with Crippen molar-refractivity contribution >= 4 is 77.8 Å². The Morgan fingerprint density at radius 2 is 1.44 bits per heavy atom. The number of hydrogen-bond donors (Lipinski definition) is 5. The van der Waals surface area contributed by atoms with Gasteiger partial charge in [-0.3, -0.25) is 9.59 Å². The summed E-state index contributed by atoms with van der Waals surface area (Å²) in [5.41, 5.74) is 14.2. The molecule has 0 unspecified atom stereocenters. The Bertz CT molecular complexity index is 3410. The Kier molecular flexibility index (Phi) is 24.4. The summed E-state index contributed by atoms with van der Waals surface area (Å²) in [7, 11) is -1.85. The second-order valence-corrected chi connectivity index (χ2v) is 21.8. The van der Waals surface area contributed by atoms with Crippen molar-refractivity contribution in [3.05, 3.63) is 138 Å². The van der Waals surface area contributed by atoms with Gasteiger partial charge in [-0.25, -0.2) is 37.2 Å². The van der Waals surface area contributed by atoms with Crippen molar-refractivity contribution in [2.24, 2.45) is 5.73 Å². The molecule has 0 saturated carbocycles. The van der Waals surface area contributed by atoms with Gasteiger partial charge in [0.15, 0.2) is 5.65 Å². The van der Waals surface area contributed by atoms with E-state index >= 15 is 0 Å². The van der Waals surface area contributed by atoms with Crippen LogP contribution in [0.3, 0.4) is 0 Å². The van der Waals surface area contributed by atoms with Crippen molar-refractivity contribution in [1.29, 1.82) is 0 Å². The van der Waals surface area contributed by atoms with Crippen LogP contribution in [-0.2, 0) is 43.2 Å². The molecule has 85 heavy (non-hydrogen) atoms. The van der Waals surface area contributed by atoms with E-state index in [9.17, 15) is 22.4 Å². The number of amides is 2.